The zero-order valence-electron chi connectivity index (χ0n) is 15.4. The average molecular weight is 379 g/mol. The Labute approximate surface area is 156 Å². The van der Waals surface area contributed by atoms with E-state index in [1.54, 1.807) is 0 Å². The zero-order valence-corrected chi connectivity index (χ0v) is 16.2. The van der Waals surface area contributed by atoms with Gasteiger partial charge < -0.3 is 10.6 Å². The second-order valence-corrected chi connectivity index (χ2v) is 10.1. The lowest BCUT2D eigenvalue weighted by molar-refractivity contribution is 0.237. The van der Waals surface area contributed by atoms with Crippen LogP contribution in [0.2, 0.25) is 0 Å². The molecule has 1 saturated heterocycles. The third-order valence-electron chi connectivity index (χ3n) is 5.75. The summed E-state index contributed by atoms with van der Waals surface area (Å²) < 4.78 is 22.9. The van der Waals surface area contributed by atoms with E-state index in [0.717, 1.165) is 38.5 Å². The van der Waals surface area contributed by atoms with Crippen LogP contribution in [0.25, 0.3) is 0 Å². The van der Waals surface area contributed by atoms with Gasteiger partial charge in [0.15, 0.2) is 0 Å². The van der Waals surface area contributed by atoms with Crippen LogP contribution in [0.3, 0.4) is 0 Å². The normalized spacial score (nSPS) is 22.8. The third kappa shape index (κ3) is 5.73. The Morgan fingerprint density at radius 2 is 1.73 bits per heavy atom. The second-order valence-electron chi connectivity index (χ2n) is 7.75. The fraction of sp³-hybridized carbons (Fsp3) is 0.650. The van der Waals surface area contributed by atoms with Gasteiger partial charge in [0, 0.05) is 13.1 Å². The molecule has 0 radical (unpaired) electrons. The van der Waals surface area contributed by atoms with Crippen LogP contribution in [-0.4, -0.2) is 39.0 Å². The summed E-state index contributed by atoms with van der Waals surface area (Å²) >= 11 is 0. The summed E-state index contributed by atoms with van der Waals surface area (Å²) in [4.78, 5) is 12.0. The van der Waals surface area contributed by atoms with Gasteiger partial charge in [0.2, 0.25) is 0 Å². The van der Waals surface area contributed by atoms with Crippen LogP contribution in [0.15, 0.2) is 24.3 Å². The average Bonchev–Trinajstić information content (AvgIpc) is 2.83. The molecule has 0 aromatic heterocycles. The molecule has 1 heterocycles. The number of nitrogens with one attached hydrogen (secondary N) is 2. The summed E-state index contributed by atoms with van der Waals surface area (Å²) in [5.41, 5.74) is 2.87. The molecule has 3 rings (SSSR count). The highest BCUT2D eigenvalue weighted by Gasteiger charge is 2.23. The summed E-state index contributed by atoms with van der Waals surface area (Å²) in [5, 5.41) is 5.94. The van der Waals surface area contributed by atoms with Crippen LogP contribution >= 0.6 is 0 Å². The minimum atomic E-state index is -2.80. The summed E-state index contributed by atoms with van der Waals surface area (Å²) in [6.45, 7) is 1.33. The van der Waals surface area contributed by atoms with Crippen LogP contribution in [0.5, 0.6) is 0 Å². The van der Waals surface area contributed by atoms with Crippen molar-refractivity contribution in [2.45, 2.75) is 44.9 Å². The number of rotatable bonds is 5. The topological polar surface area (TPSA) is 75.3 Å². The highest BCUT2D eigenvalue weighted by Crippen LogP contribution is 2.24. The summed E-state index contributed by atoms with van der Waals surface area (Å²) in [7, 11) is -2.80. The molecule has 1 aromatic rings. The number of fused-ring (bicyclic) bond motifs is 1. The Bertz CT molecular complexity index is 704. The summed E-state index contributed by atoms with van der Waals surface area (Å²) in [6, 6.07) is 8.52. The van der Waals surface area contributed by atoms with Crippen molar-refractivity contribution in [1.29, 1.82) is 0 Å². The van der Waals surface area contributed by atoms with Crippen molar-refractivity contribution in [3.8, 4) is 0 Å². The Hall–Kier alpha value is -1.56. The van der Waals surface area contributed by atoms with Crippen molar-refractivity contribution < 1.29 is 13.2 Å². The second kappa shape index (κ2) is 8.89. The number of amides is 2. The molecular weight excluding hydrogens is 348 g/mol. The van der Waals surface area contributed by atoms with Gasteiger partial charge in [0.05, 0.1) is 11.5 Å². The molecule has 2 N–H and O–H groups in total. The van der Waals surface area contributed by atoms with Crippen LogP contribution < -0.4 is 10.6 Å². The maximum Gasteiger partial charge on any atom is 0.314 e. The Kier molecular flexibility index (Phi) is 6.57. The van der Waals surface area contributed by atoms with Crippen molar-refractivity contribution in [2.75, 3.05) is 24.6 Å². The number of carbonyl (C=O) groups excluding carboxylic acids is 1. The van der Waals surface area contributed by atoms with Gasteiger partial charge in [-0.1, -0.05) is 24.3 Å². The minimum Gasteiger partial charge on any atom is -0.338 e. The monoisotopic (exact) mass is 378 g/mol. The lowest BCUT2D eigenvalue weighted by Crippen LogP contribution is -2.39. The third-order valence-corrected chi connectivity index (χ3v) is 7.46. The van der Waals surface area contributed by atoms with Crippen LogP contribution in [-0.2, 0) is 22.7 Å². The maximum atomic E-state index is 12.0. The number of hydrogen-bond acceptors (Lipinski definition) is 3. The van der Waals surface area contributed by atoms with Crippen molar-refractivity contribution in [2.24, 2.45) is 11.8 Å². The van der Waals surface area contributed by atoms with E-state index in [1.165, 1.54) is 17.5 Å². The molecule has 1 aromatic carbocycles. The molecule has 0 spiro atoms. The molecule has 26 heavy (non-hydrogen) atoms. The predicted molar refractivity (Wildman–Crippen MR) is 104 cm³/mol. The van der Waals surface area contributed by atoms with Crippen molar-refractivity contribution in [1.82, 2.24) is 10.6 Å². The fourth-order valence-corrected chi connectivity index (χ4v) is 5.67. The largest absolute Gasteiger partial charge is 0.338 e. The van der Waals surface area contributed by atoms with Crippen LogP contribution in [0.1, 0.15) is 43.2 Å². The molecular formula is C20H30N2O3S. The maximum absolute atomic E-state index is 12.0. The number of aryl methyl sites for hydroxylation is 1. The van der Waals surface area contributed by atoms with Gasteiger partial charge in [-0.25, -0.2) is 13.2 Å². The Balaban J connectivity index is 1.34. The van der Waals surface area contributed by atoms with Gasteiger partial charge in [-0.2, -0.15) is 0 Å². The number of sulfone groups is 1. The first-order valence-electron chi connectivity index (χ1n) is 9.81. The molecule has 5 nitrogen and oxygen atoms in total. The van der Waals surface area contributed by atoms with Gasteiger partial charge >= 0.3 is 6.03 Å². The van der Waals surface area contributed by atoms with E-state index in [1.807, 2.05) is 0 Å². The fourth-order valence-electron chi connectivity index (χ4n) is 4.09. The number of urea groups is 1. The van der Waals surface area contributed by atoms with Crippen LogP contribution in [0, 0.1) is 11.8 Å². The van der Waals surface area contributed by atoms with E-state index in [4.69, 9.17) is 0 Å². The highest BCUT2D eigenvalue weighted by molar-refractivity contribution is 7.91. The van der Waals surface area contributed by atoms with E-state index in [2.05, 4.69) is 34.9 Å². The lowest BCUT2D eigenvalue weighted by atomic mass is 9.97. The van der Waals surface area contributed by atoms with Gasteiger partial charge in [-0.3, -0.25) is 0 Å². The van der Waals surface area contributed by atoms with Crippen molar-refractivity contribution in [3.63, 3.8) is 0 Å². The number of hydrogen-bond donors (Lipinski definition) is 2. The van der Waals surface area contributed by atoms with Gasteiger partial charge in [0.1, 0.15) is 9.84 Å². The molecule has 0 saturated carbocycles. The van der Waals surface area contributed by atoms with Crippen molar-refractivity contribution >= 4 is 15.9 Å². The van der Waals surface area contributed by atoms with E-state index in [-0.39, 0.29) is 6.03 Å². The van der Waals surface area contributed by atoms with Gasteiger partial charge in [-0.05, 0) is 67.9 Å². The van der Waals surface area contributed by atoms with Gasteiger partial charge in [-0.15, -0.1) is 0 Å². The quantitative estimate of drug-likeness (QED) is 0.774. The molecule has 1 aliphatic heterocycles. The van der Waals surface area contributed by atoms with Crippen molar-refractivity contribution in [3.05, 3.63) is 35.4 Å². The first-order valence-corrected chi connectivity index (χ1v) is 11.6. The predicted octanol–water partition coefficient (Wildman–Crippen LogP) is 2.70. The van der Waals surface area contributed by atoms with Gasteiger partial charge in [0.25, 0.3) is 0 Å². The molecule has 2 aliphatic rings. The molecule has 2 amide bonds. The van der Waals surface area contributed by atoms with E-state index < -0.39 is 9.84 Å². The number of benzene rings is 1. The highest BCUT2D eigenvalue weighted by atomic mass is 32.2. The summed E-state index contributed by atoms with van der Waals surface area (Å²) in [6.07, 6.45) is 6.81. The summed E-state index contributed by atoms with van der Waals surface area (Å²) in [5.74, 6) is 1.50. The molecule has 1 fully saturated rings. The zero-order chi connectivity index (χ0) is 18.4. The molecule has 0 bridgehead atoms. The molecule has 1 aliphatic carbocycles. The molecule has 6 heteroatoms. The lowest BCUT2D eigenvalue weighted by Gasteiger charge is -2.22. The number of carbonyl (C=O) groups is 1. The van der Waals surface area contributed by atoms with E-state index >= 15 is 0 Å². The smallest absolute Gasteiger partial charge is 0.314 e. The van der Waals surface area contributed by atoms with E-state index in [9.17, 15) is 13.2 Å². The van der Waals surface area contributed by atoms with Crippen LogP contribution in [0.4, 0.5) is 4.79 Å². The first kappa shape index (κ1) is 19.2. The molecule has 144 valence electrons. The first-order chi connectivity index (χ1) is 12.5. The Morgan fingerprint density at radius 1 is 1.00 bits per heavy atom. The standard InChI is InChI=1S/C20H30N2O3S/c23-20(21-11-8-16-9-12-26(24,25)13-10-16)22-15-17-4-3-7-18-5-1-2-6-19(18)14-17/h1-2,5-6,16-17H,3-4,7-15H2,(H2,21,22,23). The SMILES string of the molecule is O=C(NCCC1CCS(=O)(=O)CC1)NCC1CCCc2ccccc2C1. The molecule has 1 unspecified atom stereocenters. The molecule has 1 atom stereocenters. The van der Waals surface area contributed by atoms with E-state index in [0.29, 0.717) is 36.4 Å². The minimum absolute atomic E-state index is 0.106. The Morgan fingerprint density at radius 3 is 2.50 bits per heavy atom.